The van der Waals surface area contributed by atoms with Crippen molar-refractivity contribution < 1.29 is 14.3 Å². The van der Waals surface area contributed by atoms with Crippen LogP contribution in [0.1, 0.15) is 20.7 Å². The standard InChI is InChI=1S/C22H16N2O3/c25-19(14-27-22(26)16-9-6-12-23-13-16)20-17-10-4-5-11-18(17)24-21(20)15-7-2-1-3-8-15/h1-13,24H,14H2. The monoisotopic (exact) mass is 356 g/mol. The number of aromatic nitrogens is 2. The third-order valence-electron chi connectivity index (χ3n) is 4.28. The van der Waals surface area contributed by atoms with Crippen molar-refractivity contribution >= 4 is 22.7 Å². The molecule has 0 amide bonds. The molecule has 0 aliphatic rings. The number of carbonyl (C=O) groups is 2. The first-order valence-electron chi connectivity index (χ1n) is 8.50. The lowest BCUT2D eigenvalue weighted by atomic mass is 10.0. The highest BCUT2D eigenvalue weighted by Gasteiger charge is 2.21. The maximum absolute atomic E-state index is 12.9. The van der Waals surface area contributed by atoms with Crippen LogP contribution >= 0.6 is 0 Å². The number of carbonyl (C=O) groups excluding carboxylic acids is 2. The number of hydrogen-bond acceptors (Lipinski definition) is 4. The molecule has 0 aliphatic carbocycles. The van der Waals surface area contributed by atoms with Crippen LogP contribution in [0.25, 0.3) is 22.2 Å². The van der Waals surface area contributed by atoms with E-state index >= 15 is 0 Å². The fourth-order valence-corrected chi connectivity index (χ4v) is 3.02. The highest BCUT2D eigenvalue weighted by Crippen LogP contribution is 2.30. The number of benzene rings is 2. The fraction of sp³-hybridized carbons (Fsp3) is 0.0455. The Morgan fingerprint density at radius 1 is 0.926 bits per heavy atom. The lowest BCUT2D eigenvalue weighted by Crippen LogP contribution is -2.15. The van der Waals surface area contributed by atoms with E-state index in [0.717, 1.165) is 22.2 Å². The summed E-state index contributed by atoms with van der Waals surface area (Å²) in [4.78, 5) is 32.2. The second kappa shape index (κ2) is 7.25. The van der Waals surface area contributed by atoms with Gasteiger partial charge in [-0.05, 0) is 23.8 Å². The van der Waals surface area contributed by atoms with E-state index < -0.39 is 5.97 Å². The van der Waals surface area contributed by atoms with Crippen LogP contribution in [0.3, 0.4) is 0 Å². The number of fused-ring (bicyclic) bond motifs is 1. The molecule has 0 saturated heterocycles. The van der Waals surface area contributed by atoms with Gasteiger partial charge in [0.1, 0.15) is 0 Å². The van der Waals surface area contributed by atoms with E-state index in [1.165, 1.54) is 6.20 Å². The molecule has 4 rings (SSSR count). The van der Waals surface area contributed by atoms with Crippen LogP contribution in [0.5, 0.6) is 0 Å². The molecule has 2 heterocycles. The summed E-state index contributed by atoms with van der Waals surface area (Å²) in [6.45, 7) is -0.338. The summed E-state index contributed by atoms with van der Waals surface area (Å²) < 4.78 is 5.21. The third-order valence-corrected chi connectivity index (χ3v) is 4.28. The molecular formula is C22H16N2O3. The first-order valence-corrected chi connectivity index (χ1v) is 8.50. The number of nitrogens with zero attached hydrogens (tertiary/aromatic N) is 1. The molecule has 27 heavy (non-hydrogen) atoms. The summed E-state index contributed by atoms with van der Waals surface area (Å²) in [5.74, 6) is -0.832. The zero-order valence-corrected chi connectivity index (χ0v) is 14.4. The normalized spacial score (nSPS) is 10.7. The number of ether oxygens (including phenoxy) is 1. The van der Waals surface area contributed by atoms with Crippen molar-refractivity contribution in [2.75, 3.05) is 6.61 Å². The Labute approximate surface area is 155 Å². The number of esters is 1. The maximum Gasteiger partial charge on any atom is 0.340 e. The SMILES string of the molecule is O=C(OCC(=O)c1c(-c2ccccc2)[nH]c2ccccc12)c1cccnc1. The number of H-pyrrole nitrogens is 1. The first kappa shape index (κ1) is 16.7. The Balaban J connectivity index is 1.66. The van der Waals surface area contributed by atoms with Gasteiger partial charge < -0.3 is 9.72 Å². The molecule has 2 aromatic carbocycles. The van der Waals surface area contributed by atoms with Gasteiger partial charge in [-0.15, -0.1) is 0 Å². The van der Waals surface area contributed by atoms with Crippen LogP contribution in [0.4, 0.5) is 0 Å². The summed E-state index contributed by atoms with van der Waals surface area (Å²) in [6, 6.07) is 20.4. The molecule has 0 radical (unpaired) electrons. The van der Waals surface area contributed by atoms with E-state index in [1.807, 2.05) is 54.6 Å². The lowest BCUT2D eigenvalue weighted by molar-refractivity contribution is 0.0475. The molecule has 0 saturated carbocycles. The van der Waals surface area contributed by atoms with E-state index in [-0.39, 0.29) is 12.4 Å². The largest absolute Gasteiger partial charge is 0.454 e. The molecule has 5 nitrogen and oxygen atoms in total. The fourth-order valence-electron chi connectivity index (χ4n) is 3.02. The highest BCUT2D eigenvalue weighted by molar-refractivity contribution is 6.14. The number of pyridine rings is 1. The van der Waals surface area contributed by atoms with Gasteiger partial charge in [-0.25, -0.2) is 4.79 Å². The van der Waals surface area contributed by atoms with Crippen LogP contribution in [0, 0.1) is 0 Å². The topological polar surface area (TPSA) is 72.1 Å². The number of ketones is 1. The number of aromatic amines is 1. The average molecular weight is 356 g/mol. The highest BCUT2D eigenvalue weighted by atomic mass is 16.5. The number of nitrogens with one attached hydrogen (secondary N) is 1. The van der Waals surface area contributed by atoms with Gasteiger partial charge in [0.2, 0.25) is 5.78 Å². The van der Waals surface area contributed by atoms with Crippen molar-refractivity contribution in [2.45, 2.75) is 0 Å². The number of rotatable bonds is 5. The van der Waals surface area contributed by atoms with Gasteiger partial charge >= 0.3 is 5.97 Å². The molecule has 0 atom stereocenters. The minimum Gasteiger partial charge on any atom is -0.454 e. The average Bonchev–Trinajstić information content (AvgIpc) is 3.13. The number of Topliss-reactive ketones (excluding diaryl/α,β-unsaturated/α-hetero) is 1. The van der Waals surface area contributed by atoms with Crippen molar-refractivity contribution in [1.82, 2.24) is 9.97 Å². The number of para-hydroxylation sites is 1. The first-order chi connectivity index (χ1) is 13.2. The zero-order valence-electron chi connectivity index (χ0n) is 14.4. The third kappa shape index (κ3) is 3.35. The van der Waals surface area contributed by atoms with Gasteiger partial charge in [0.15, 0.2) is 6.61 Å². The van der Waals surface area contributed by atoms with E-state index in [0.29, 0.717) is 11.1 Å². The molecule has 0 spiro atoms. The quantitative estimate of drug-likeness (QED) is 0.428. The van der Waals surface area contributed by atoms with Gasteiger partial charge in [0, 0.05) is 23.3 Å². The van der Waals surface area contributed by atoms with Crippen molar-refractivity contribution in [1.29, 1.82) is 0 Å². The minimum absolute atomic E-state index is 0.261. The van der Waals surface area contributed by atoms with Crippen LogP contribution < -0.4 is 0 Å². The minimum atomic E-state index is -0.572. The van der Waals surface area contributed by atoms with Crippen molar-refractivity contribution in [3.8, 4) is 11.3 Å². The van der Waals surface area contributed by atoms with Gasteiger partial charge in [-0.2, -0.15) is 0 Å². The van der Waals surface area contributed by atoms with Gasteiger partial charge in [0.25, 0.3) is 0 Å². The predicted octanol–water partition coefficient (Wildman–Crippen LogP) is 4.27. The molecule has 132 valence electrons. The van der Waals surface area contributed by atoms with E-state index in [4.69, 9.17) is 4.74 Å². The van der Waals surface area contributed by atoms with Crippen LogP contribution in [-0.2, 0) is 4.74 Å². The van der Waals surface area contributed by atoms with Gasteiger partial charge in [-0.3, -0.25) is 9.78 Å². The molecule has 4 aromatic rings. The van der Waals surface area contributed by atoms with Gasteiger partial charge in [-0.1, -0.05) is 48.5 Å². The van der Waals surface area contributed by atoms with Crippen molar-refractivity contribution in [2.24, 2.45) is 0 Å². The summed E-state index contributed by atoms with van der Waals surface area (Å²) >= 11 is 0. The second-order valence-electron chi connectivity index (χ2n) is 6.03. The molecular weight excluding hydrogens is 340 g/mol. The van der Waals surface area contributed by atoms with E-state index in [9.17, 15) is 9.59 Å². The van der Waals surface area contributed by atoms with Crippen molar-refractivity contribution in [3.05, 3.63) is 90.3 Å². The van der Waals surface area contributed by atoms with Crippen LogP contribution in [0.2, 0.25) is 0 Å². The molecule has 5 heteroatoms. The second-order valence-corrected chi connectivity index (χ2v) is 6.03. The van der Waals surface area contributed by atoms with Crippen LogP contribution in [-0.4, -0.2) is 28.3 Å². The smallest absolute Gasteiger partial charge is 0.340 e. The number of hydrogen-bond donors (Lipinski definition) is 1. The zero-order chi connectivity index (χ0) is 18.6. The Morgan fingerprint density at radius 3 is 2.48 bits per heavy atom. The molecule has 1 N–H and O–H groups in total. The summed E-state index contributed by atoms with van der Waals surface area (Å²) in [5, 5.41) is 0.804. The Bertz CT molecular complexity index is 1100. The summed E-state index contributed by atoms with van der Waals surface area (Å²) in [6.07, 6.45) is 2.98. The summed E-state index contributed by atoms with van der Waals surface area (Å²) in [5.41, 5.74) is 3.32. The predicted molar refractivity (Wildman–Crippen MR) is 103 cm³/mol. The Kier molecular flexibility index (Phi) is 4.49. The van der Waals surface area contributed by atoms with Gasteiger partial charge in [0.05, 0.1) is 16.8 Å². The maximum atomic E-state index is 12.9. The Hall–Kier alpha value is -3.73. The Morgan fingerprint density at radius 2 is 1.70 bits per heavy atom. The van der Waals surface area contributed by atoms with Crippen molar-refractivity contribution in [3.63, 3.8) is 0 Å². The molecule has 0 aliphatic heterocycles. The summed E-state index contributed by atoms with van der Waals surface area (Å²) in [7, 11) is 0. The van der Waals surface area contributed by atoms with E-state index in [1.54, 1.807) is 18.3 Å². The molecule has 0 unspecified atom stereocenters. The lowest BCUT2D eigenvalue weighted by Gasteiger charge is -2.06. The van der Waals surface area contributed by atoms with E-state index in [2.05, 4.69) is 9.97 Å². The molecule has 0 fully saturated rings. The van der Waals surface area contributed by atoms with Crippen LogP contribution in [0.15, 0.2) is 79.1 Å². The molecule has 2 aromatic heterocycles. The molecule has 0 bridgehead atoms.